The van der Waals surface area contributed by atoms with E-state index in [-0.39, 0.29) is 11.3 Å². The number of carbonyl (C=O) groups is 1. The number of carbonyl (C=O) groups excluding carboxylic acids is 1. The standard InChI is InChI=1S/C8H16BNO/c1-5-6-10(7(2)11)8(3,4)9/h5H,1,6,9H2,2-4H3. The van der Waals surface area contributed by atoms with E-state index in [0.29, 0.717) is 6.54 Å². The molecule has 0 aromatic carbocycles. The summed E-state index contributed by atoms with van der Waals surface area (Å²) in [5, 5.41) is 0. The summed E-state index contributed by atoms with van der Waals surface area (Å²) in [7, 11) is 2.01. The predicted octanol–water partition coefficient (Wildman–Crippen LogP) is 0.390. The lowest BCUT2D eigenvalue weighted by Crippen LogP contribution is -2.47. The summed E-state index contributed by atoms with van der Waals surface area (Å²) in [4.78, 5) is 12.8. The van der Waals surface area contributed by atoms with Crippen molar-refractivity contribution in [1.29, 1.82) is 0 Å². The third-order valence-electron chi connectivity index (χ3n) is 1.50. The number of amides is 1. The molecule has 11 heavy (non-hydrogen) atoms. The van der Waals surface area contributed by atoms with E-state index in [9.17, 15) is 4.79 Å². The minimum absolute atomic E-state index is 0.0948. The molecule has 1 amide bonds. The zero-order valence-corrected chi connectivity index (χ0v) is 7.85. The Balaban J connectivity index is 4.34. The van der Waals surface area contributed by atoms with Crippen LogP contribution < -0.4 is 0 Å². The van der Waals surface area contributed by atoms with Crippen molar-refractivity contribution in [2.75, 3.05) is 6.54 Å². The largest absolute Gasteiger partial charge is 0.342 e. The SMILES string of the molecule is BC(C)(C)N(CC=C)C(C)=O. The van der Waals surface area contributed by atoms with Gasteiger partial charge in [-0.05, 0) is 13.8 Å². The lowest BCUT2D eigenvalue weighted by atomic mass is 9.80. The van der Waals surface area contributed by atoms with Crippen LogP contribution in [0, 0.1) is 0 Å². The summed E-state index contributed by atoms with van der Waals surface area (Å²) in [6.07, 6.45) is 1.74. The van der Waals surface area contributed by atoms with Crippen molar-refractivity contribution in [3.8, 4) is 0 Å². The van der Waals surface area contributed by atoms with Crippen LogP contribution >= 0.6 is 0 Å². The van der Waals surface area contributed by atoms with Gasteiger partial charge in [-0.15, -0.1) is 6.58 Å². The van der Waals surface area contributed by atoms with Gasteiger partial charge in [0.2, 0.25) is 5.91 Å². The zero-order chi connectivity index (χ0) is 9.07. The van der Waals surface area contributed by atoms with E-state index in [2.05, 4.69) is 6.58 Å². The van der Waals surface area contributed by atoms with Gasteiger partial charge >= 0.3 is 0 Å². The monoisotopic (exact) mass is 153 g/mol. The molecule has 0 aliphatic heterocycles. The van der Waals surface area contributed by atoms with Crippen molar-refractivity contribution in [2.45, 2.75) is 26.2 Å². The Kier molecular flexibility index (Phi) is 3.37. The molecule has 0 spiro atoms. The van der Waals surface area contributed by atoms with Crippen molar-refractivity contribution in [3.05, 3.63) is 12.7 Å². The van der Waals surface area contributed by atoms with Crippen LogP contribution in [0.4, 0.5) is 0 Å². The number of nitrogens with zero attached hydrogens (tertiary/aromatic N) is 1. The van der Waals surface area contributed by atoms with Crippen LogP contribution in [0.2, 0.25) is 0 Å². The molecule has 0 aromatic heterocycles. The number of hydrogen-bond donors (Lipinski definition) is 0. The molecule has 0 radical (unpaired) electrons. The Morgan fingerprint density at radius 2 is 2.18 bits per heavy atom. The molecule has 3 heteroatoms. The Morgan fingerprint density at radius 3 is 2.27 bits per heavy atom. The van der Waals surface area contributed by atoms with Crippen LogP contribution in [0.5, 0.6) is 0 Å². The molecule has 0 bridgehead atoms. The smallest absolute Gasteiger partial charge is 0.219 e. The summed E-state index contributed by atoms with van der Waals surface area (Å²) in [5.41, 5.74) is -0.0972. The van der Waals surface area contributed by atoms with Crippen molar-refractivity contribution in [1.82, 2.24) is 4.90 Å². The summed E-state index contributed by atoms with van der Waals surface area (Å²) < 4.78 is 0. The summed E-state index contributed by atoms with van der Waals surface area (Å²) in [5.74, 6) is 0.0948. The van der Waals surface area contributed by atoms with Gasteiger partial charge in [0, 0.05) is 18.9 Å². The maximum atomic E-state index is 11.1. The average molecular weight is 153 g/mol. The summed E-state index contributed by atoms with van der Waals surface area (Å²) in [6.45, 7) is 9.83. The Labute approximate surface area is 69.7 Å². The second-order valence-corrected chi connectivity index (χ2v) is 3.59. The first-order valence-corrected chi connectivity index (χ1v) is 3.78. The van der Waals surface area contributed by atoms with Gasteiger partial charge in [-0.25, -0.2) is 0 Å². The lowest BCUT2D eigenvalue weighted by molar-refractivity contribution is -0.130. The highest BCUT2D eigenvalue weighted by Crippen LogP contribution is 2.08. The molecular weight excluding hydrogens is 137 g/mol. The Hall–Kier alpha value is -0.725. The molecule has 0 unspecified atom stereocenters. The van der Waals surface area contributed by atoms with Gasteiger partial charge < -0.3 is 4.90 Å². The van der Waals surface area contributed by atoms with E-state index in [1.165, 1.54) is 0 Å². The first-order valence-electron chi connectivity index (χ1n) is 3.78. The van der Waals surface area contributed by atoms with E-state index in [4.69, 9.17) is 0 Å². The fourth-order valence-electron chi connectivity index (χ4n) is 1.00. The second-order valence-electron chi connectivity index (χ2n) is 3.59. The minimum atomic E-state index is -0.0972. The van der Waals surface area contributed by atoms with Gasteiger partial charge in [0.1, 0.15) is 7.85 Å². The van der Waals surface area contributed by atoms with Gasteiger partial charge in [-0.1, -0.05) is 6.08 Å². The number of hydrogen-bond acceptors (Lipinski definition) is 1. The molecule has 0 saturated heterocycles. The molecule has 2 nitrogen and oxygen atoms in total. The molecule has 0 fully saturated rings. The first-order chi connectivity index (χ1) is 4.89. The third-order valence-corrected chi connectivity index (χ3v) is 1.50. The maximum Gasteiger partial charge on any atom is 0.219 e. The Morgan fingerprint density at radius 1 is 1.73 bits per heavy atom. The van der Waals surface area contributed by atoms with Crippen LogP contribution in [0.15, 0.2) is 12.7 Å². The van der Waals surface area contributed by atoms with E-state index in [1.54, 1.807) is 17.9 Å². The fourth-order valence-corrected chi connectivity index (χ4v) is 1.00. The fraction of sp³-hybridized carbons (Fsp3) is 0.625. The van der Waals surface area contributed by atoms with E-state index >= 15 is 0 Å². The normalized spacial score (nSPS) is 10.8. The molecule has 0 heterocycles. The van der Waals surface area contributed by atoms with Gasteiger partial charge in [0.25, 0.3) is 0 Å². The maximum absolute atomic E-state index is 11.1. The molecule has 0 saturated carbocycles. The second kappa shape index (κ2) is 3.60. The highest BCUT2D eigenvalue weighted by atomic mass is 16.2. The highest BCUT2D eigenvalue weighted by molar-refractivity contribution is 6.15. The van der Waals surface area contributed by atoms with Crippen molar-refractivity contribution in [3.63, 3.8) is 0 Å². The minimum Gasteiger partial charge on any atom is -0.342 e. The lowest BCUT2D eigenvalue weighted by Gasteiger charge is -2.34. The van der Waals surface area contributed by atoms with Gasteiger partial charge in [-0.2, -0.15) is 0 Å². The van der Waals surface area contributed by atoms with Crippen LogP contribution in [-0.2, 0) is 4.79 Å². The van der Waals surface area contributed by atoms with Crippen molar-refractivity contribution < 1.29 is 4.79 Å². The first kappa shape index (κ1) is 10.3. The van der Waals surface area contributed by atoms with Crippen LogP contribution in [0.3, 0.4) is 0 Å². The van der Waals surface area contributed by atoms with Gasteiger partial charge in [-0.3, -0.25) is 4.79 Å². The summed E-state index contributed by atoms with van der Waals surface area (Å²) >= 11 is 0. The molecule has 0 atom stereocenters. The highest BCUT2D eigenvalue weighted by Gasteiger charge is 2.21. The molecule has 0 aromatic rings. The topological polar surface area (TPSA) is 20.3 Å². The summed E-state index contributed by atoms with van der Waals surface area (Å²) in [6, 6.07) is 0. The average Bonchev–Trinajstić information content (AvgIpc) is 1.79. The van der Waals surface area contributed by atoms with Gasteiger partial charge in [0.05, 0.1) is 0 Å². The van der Waals surface area contributed by atoms with E-state index in [0.717, 1.165) is 0 Å². The molecule has 0 rings (SSSR count). The number of rotatable bonds is 3. The molecule has 0 aliphatic carbocycles. The van der Waals surface area contributed by atoms with Crippen LogP contribution in [0.25, 0.3) is 0 Å². The quantitative estimate of drug-likeness (QED) is 0.424. The predicted molar refractivity (Wildman–Crippen MR) is 50.2 cm³/mol. The molecule has 0 aliphatic rings. The molecular formula is C8H16BNO. The Bertz CT molecular complexity index is 160. The van der Waals surface area contributed by atoms with Crippen molar-refractivity contribution >= 4 is 13.8 Å². The van der Waals surface area contributed by atoms with E-state index < -0.39 is 0 Å². The zero-order valence-electron chi connectivity index (χ0n) is 7.85. The van der Waals surface area contributed by atoms with Crippen molar-refractivity contribution in [2.24, 2.45) is 0 Å². The molecule has 0 N–H and O–H groups in total. The van der Waals surface area contributed by atoms with E-state index in [1.807, 2.05) is 21.7 Å². The molecule has 62 valence electrons. The van der Waals surface area contributed by atoms with Gasteiger partial charge in [0.15, 0.2) is 0 Å². The third kappa shape index (κ3) is 3.26. The van der Waals surface area contributed by atoms with Crippen LogP contribution in [0.1, 0.15) is 20.8 Å². The van der Waals surface area contributed by atoms with Crippen LogP contribution in [-0.4, -0.2) is 30.6 Å².